The zero-order valence-electron chi connectivity index (χ0n) is 11.8. The van der Waals surface area contributed by atoms with Gasteiger partial charge in [-0.3, -0.25) is 10.4 Å². The van der Waals surface area contributed by atoms with Gasteiger partial charge >= 0.3 is 0 Å². The van der Waals surface area contributed by atoms with E-state index in [1.165, 1.54) is 19.5 Å². The van der Waals surface area contributed by atoms with Crippen molar-refractivity contribution in [2.45, 2.75) is 13.0 Å². The van der Waals surface area contributed by atoms with Crippen LogP contribution in [0.25, 0.3) is 0 Å². The van der Waals surface area contributed by atoms with Crippen LogP contribution in [0.2, 0.25) is 0 Å². The molecule has 1 aliphatic heterocycles. The van der Waals surface area contributed by atoms with Crippen molar-refractivity contribution >= 4 is 5.84 Å². The van der Waals surface area contributed by atoms with E-state index in [0.717, 1.165) is 24.6 Å². The van der Waals surface area contributed by atoms with Crippen LogP contribution in [-0.2, 0) is 6.54 Å². The molecule has 1 atom stereocenters. The predicted octanol–water partition coefficient (Wildman–Crippen LogP) is 0.749. The number of rotatable bonds is 5. The summed E-state index contributed by atoms with van der Waals surface area (Å²) in [6.07, 6.45) is 2.96. The highest BCUT2D eigenvalue weighted by Gasteiger charge is 2.21. The molecule has 104 valence electrons. The Morgan fingerprint density at radius 2 is 2.42 bits per heavy atom. The van der Waals surface area contributed by atoms with Crippen molar-refractivity contribution in [1.29, 1.82) is 5.41 Å². The Hall–Kier alpha value is -1.46. The zero-order chi connectivity index (χ0) is 13.8. The number of likely N-dealkylation sites (tertiary alicyclic amines) is 1. The lowest BCUT2D eigenvalue weighted by Gasteiger charge is -2.21. The standard InChI is InChI=1S/C14H23N5/c1-18-7-5-11(8-18)9-19(2)10-12-4-3-6-17-13(12)14(15)16/h3-4,6,11H,5,7-10H2,1-2H3,(H3,15,16). The monoisotopic (exact) mass is 261 g/mol. The first-order chi connectivity index (χ1) is 9.06. The van der Waals surface area contributed by atoms with Crippen LogP contribution in [-0.4, -0.2) is 54.3 Å². The molecule has 0 aliphatic carbocycles. The molecule has 3 N–H and O–H groups in total. The number of nitrogens with zero attached hydrogens (tertiary/aromatic N) is 3. The molecule has 5 nitrogen and oxygen atoms in total. The molecule has 19 heavy (non-hydrogen) atoms. The lowest BCUT2D eigenvalue weighted by atomic mass is 10.1. The fourth-order valence-electron chi connectivity index (χ4n) is 2.78. The van der Waals surface area contributed by atoms with Gasteiger partial charge in [0, 0.05) is 25.8 Å². The topological polar surface area (TPSA) is 69.2 Å². The van der Waals surface area contributed by atoms with Gasteiger partial charge in [0.1, 0.15) is 11.5 Å². The Balaban J connectivity index is 1.95. The van der Waals surface area contributed by atoms with Crippen molar-refractivity contribution in [3.05, 3.63) is 29.6 Å². The third-order valence-electron chi connectivity index (χ3n) is 3.65. The van der Waals surface area contributed by atoms with E-state index < -0.39 is 0 Å². The highest BCUT2D eigenvalue weighted by molar-refractivity contribution is 5.94. The maximum absolute atomic E-state index is 7.56. The van der Waals surface area contributed by atoms with Crippen LogP contribution in [0, 0.1) is 11.3 Å². The van der Waals surface area contributed by atoms with Crippen molar-refractivity contribution in [3.8, 4) is 0 Å². The number of hydrogen-bond acceptors (Lipinski definition) is 4. The first-order valence-electron chi connectivity index (χ1n) is 6.71. The molecule has 1 unspecified atom stereocenters. The van der Waals surface area contributed by atoms with Gasteiger partial charge in [0.05, 0.1) is 0 Å². The number of amidine groups is 1. The summed E-state index contributed by atoms with van der Waals surface area (Å²) in [4.78, 5) is 8.87. The second-order valence-corrected chi connectivity index (χ2v) is 5.54. The molecule has 1 fully saturated rings. The van der Waals surface area contributed by atoms with E-state index in [-0.39, 0.29) is 5.84 Å². The minimum atomic E-state index is 0.0459. The Morgan fingerprint density at radius 1 is 1.63 bits per heavy atom. The Morgan fingerprint density at radius 3 is 3.05 bits per heavy atom. The lowest BCUT2D eigenvalue weighted by Crippen LogP contribution is -2.28. The highest BCUT2D eigenvalue weighted by atomic mass is 15.1. The van der Waals surface area contributed by atoms with E-state index >= 15 is 0 Å². The number of hydrogen-bond donors (Lipinski definition) is 2. The number of nitrogen functional groups attached to an aromatic ring is 1. The van der Waals surface area contributed by atoms with Crippen molar-refractivity contribution in [2.75, 3.05) is 33.7 Å². The first kappa shape index (κ1) is 14.0. The van der Waals surface area contributed by atoms with E-state index in [0.29, 0.717) is 5.69 Å². The van der Waals surface area contributed by atoms with Gasteiger partial charge in [0.15, 0.2) is 0 Å². The number of nitrogens with two attached hydrogens (primary N) is 1. The van der Waals surface area contributed by atoms with Crippen molar-refractivity contribution in [1.82, 2.24) is 14.8 Å². The summed E-state index contributed by atoms with van der Waals surface area (Å²) in [5.41, 5.74) is 7.21. The van der Waals surface area contributed by atoms with Gasteiger partial charge in [0.25, 0.3) is 0 Å². The van der Waals surface area contributed by atoms with Crippen LogP contribution in [0.5, 0.6) is 0 Å². The third kappa shape index (κ3) is 3.75. The molecular formula is C14H23N5. The van der Waals surface area contributed by atoms with E-state index in [4.69, 9.17) is 11.1 Å². The quantitative estimate of drug-likeness (QED) is 0.606. The highest BCUT2D eigenvalue weighted by Crippen LogP contribution is 2.16. The van der Waals surface area contributed by atoms with Gasteiger partial charge in [-0.25, -0.2) is 0 Å². The molecule has 1 aliphatic rings. The smallest absolute Gasteiger partial charge is 0.142 e. The molecule has 0 amide bonds. The Labute approximate surface area is 114 Å². The average molecular weight is 261 g/mol. The van der Waals surface area contributed by atoms with Gasteiger partial charge in [0.2, 0.25) is 0 Å². The van der Waals surface area contributed by atoms with Crippen LogP contribution in [0.15, 0.2) is 18.3 Å². The van der Waals surface area contributed by atoms with Crippen molar-refractivity contribution < 1.29 is 0 Å². The van der Waals surface area contributed by atoms with Crippen molar-refractivity contribution in [2.24, 2.45) is 11.7 Å². The van der Waals surface area contributed by atoms with Crippen molar-refractivity contribution in [3.63, 3.8) is 0 Å². The van der Waals surface area contributed by atoms with E-state index in [1.807, 2.05) is 12.1 Å². The average Bonchev–Trinajstić information content (AvgIpc) is 2.75. The molecule has 2 heterocycles. The van der Waals surface area contributed by atoms with E-state index in [2.05, 4.69) is 28.9 Å². The van der Waals surface area contributed by atoms with Crippen LogP contribution in [0.3, 0.4) is 0 Å². The molecule has 2 rings (SSSR count). The summed E-state index contributed by atoms with van der Waals surface area (Å²) in [6.45, 7) is 4.25. The van der Waals surface area contributed by atoms with Crippen LogP contribution in [0.4, 0.5) is 0 Å². The summed E-state index contributed by atoms with van der Waals surface area (Å²) < 4.78 is 0. The summed E-state index contributed by atoms with van der Waals surface area (Å²) in [5.74, 6) is 0.789. The number of aromatic nitrogens is 1. The van der Waals surface area contributed by atoms with Crippen LogP contribution >= 0.6 is 0 Å². The van der Waals surface area contributed by atoms with E-state index in [9.17, 15) is 0 Å². The minimum absolute atomic E-state index is 0.0459. The van der Waals surface area contributed by atoms with Gasteiger partial charge < -0.3 is 15.5 Å². The molecule has 5 heteroatoms. The summed E-state index contributed by atoms with van der Waals surface area (Å²) >= 11 is 0. The van der Waals surface area contributed by atoms with Crippen LogP contribution < -0.4 is 5.73 Å². The lowest BCUT2D eigenvalue weighted by molar-refractivity contribution is 0.267. The molecule has 0 spiro atoms. The molecule has 1 saturated heterocycles. The normalized spacial score (nSPS) is 20.1. The largest absolute Gasteiger partial charge is 0.382 e. The number of pyridine rings is 1. The fourth-order valence-corrected chi connectivity index (χ4v) is 2.78. The summed E-state index contributed by atoms with van der Waals surface area (Å²) in [7, 11) is 4.30. The maximum Gasteiger partial charge on any atom is 0.142 e. The van der Waals surface area contributed by atoms with Gasteiger partial charge in [-0.15, -0.1) is 0 Å². The second kappa shape index (κ2) is 6.12. The van der Waals surface area contributed by atoms with Crippen LogP contribution in [0.1, 0.15) is 17.7 Å². The predicted molar refractivity (Wildman–Crippen MR) is 77.2 cm³/mol. The van der Waals surface area contributed by atoms with Gasteiger partial charge in [-0.05, 0) is 44.6 Å². The molecule has 1 aromatic heterocycles. The Kier molecular flexibility index (Phi) is 4.50. The number of nitrogens with one attached hydrogen (secondary N) is 1. The SMILES string of the molecule is CN1CCC(CN(C)Cc2cccnc2C(=N)N)C1. The second-order valence-electron chi connectivity index (χ2n) is 5.54. The molecule has 0 aromatic carbocycles. The molecule has 0 radical (unpaired) electrons. The van der Waals surface area contributed by atoms with Gasteiger partial charge in [-0.1, -0.05) is 6.07 Å². The molecule has 0 bridgehead atoms. The summed E-state index contributed by atoms with van der Waals surface area (Å²) in [6, 6.07) is 3.90. The fraction of sp³-hybridized carbons (Fsp3) is 0.571. The van der Waals surface area contributed by atoms with Gasteiger partial charge in [-0.2, -0.15) is 0 Å². The molecule has 1 aromatic rings. The van der Waals surface area contributed by atoms with E-state index in [1.54, 1.807) is 6.20 Å². The molecule has 0 saturated carbocycles. The third-order valence-corrected chi connectivity index (χ3v) is 3.65. The molecular weight excluding hydrogens is 238 g/mol. The minimum Gasteiger partial charge on any atom is -0.382 e. The zero-order valence-corrected chi connectivity index (χ0v) is 11.8. The Bertz CT molecular complexity index is 445. The maximum atomic E-state index is 7.56. The first-order valence-corrected chi connectivity index (χ1v) is 6.71. The summed E-state index contributed by atoms with van der Waals surface area (Å²) in [5, 5.41) is 7.56.